The van der Waals surface area contributed by atoms with Gasteiger partial charge in [0, 0.05) is 45.2 Å². The molecule has 0 radical (unpaired) electrons. The van der Waals surface area contributed by atoms with Gasteiger partial charge in [-0.05, 0) is 25.0 Å². The topological polar surface area (TPSA) is 44.8 Å². The number of hydrogen-bond donors (Lipinski definition) is 1. The van der Waals surface area contributed by atoms with Crippen molar-refractivity contribution in [3.8, 4) is 5.75 Å². The number of rotatable bonds is 6. The van der Waals surface area contributed by atoms with Crippen LogP contribution in [0.4, 0.5) is 5.69 Å². The predicted octanol–water partition coefficient (Wildman–Crippen LogP) is 1.49. The van der Waals surface area contributed by atoms with Crippen molar-refractivity contribution >= 4 is 11.6 Å². The van der Waals surface area contributed by atoms with Crippen LogP contribution in [0, 0.1) is 0 Å². The Kier molecular flexibility index (Phi) is 4.83. The molecule has 5 heteroatoms. The van der Waals surface area contributed by atoms with E-state index in [2.05, 4.69) is 21.2 Å². The fourth-order valence-corrected chi connectivity index (χ4v) is 2.89. The first-order chi connectivity index (χ1) is 10.8. The first-order valence-electron chi connectivity index (χ1n) is 8.16. The molecule has 2 aliphatic rings. The Hall–Kier alpha value is -1.75. The Morgan fingerprint density at radius 2 is 1.95 bits per heavy atom. The monoisotopic (exact) mass is 303 g/mol. The third-order valence-electron chi connectivity index (χ3n) is 4.40. The molecule has 0 unspecified atom stereocenters. The minimum atomic E-state index is 0.203. The molecule has 0 spiro atoms. The molecule has 1 aromatic rings. The first-order valence-corrected chi connectivity index (χ1v) is 8.16. The zero-order valence-corrected chi connectivity index (χ0v) is 13.3. The summed E-state index contributed by atoms with van der Waals surface area (Å²) in [6.07, 6.45) is 2.93. The van der Waals surface area contributed by atoms with E-state index in [4.69, 9.17) is 4.74 Å². The Balaban J connectivity index is 1.44. The van der Waals surface area contributed by atoms with Gasteiger partial charge in [0.25, 0.3) is 0 Å². The number of para-hydroxylation sites is 2. The maximum Gasteiger partial charge on any atom is 0.221 e. The molecule has 1 saturated heterocycles. The number of nitrogens with one attached hydrogen (secondary N) is 1. The van der Waals surface area contributed by atoms with Gasteiger partial charge < -0.3 is 15.0 Å². The summed E-state index contributed by atoms with van der Waals surface area (Å²) in [5.74, 6) is 1.13. The Labute approximate surface area is 132 Å². The number of carbonyl (C=O) groups excluding carboxylic acids is 1. The lowest BCUT2D eigenvalue weighted by atomic mass is 10.2. The third kappa shape index (κ3) is 3.91. The van der Waals surface area contributed by atoms with Crippen molar-refractivity contribution in [3.63, 3.8) is 0 Å². The van der Waals surface area contributed by atoms with Gasteiger partial charge >= 0.3 is 0 Å². The predicted molar refractivity (Wildman–Crippen MR) is 87.4 cm³/mol. The normalized spacial score (nSPS) is 19.0. The van der Waals surface area contributed by atoms with E-state index in [1.807, 2.05) is 18.2 Å². The summed E-state index contributed by atoms with van der Waals surface area (Å²) in [7, 11) is 1.72. The van der Waals surface area contributed by atoms with Crippen LogP contribution in [0.3, 0.4) is 0 Å². The molecule has 22 heavy (non-hydrogen) atoms. The lowest BCUT2D eigenvalue weighted by molar-refractivity contribution is -0.121. The molecule has 1 aliphatic heterocycles. The molecule has 1 saturated carbocycles. The van der Waals surface area contributed by atoms with Gasteiger partial charge in [0.15, 0.2) is 0 Å². The average Bonchev–Trinajstić information content (AvgIpc) is 3.37. The molecule has 3 rings (SSSR count). The van der Waals surface area contributed by atoms with Crippen molar-refractivity contribution in [2.75, 3.05) is 44.7 Å². The summed E-state index contributed by atoms with van der Waals surface area (Å²) in [4.78, 5) is 16.5. The van der Waals surface area contributed by atoms with E-state index >= 15 is 0 Å². The van der Waals surface area contributed by atoms with Crippen molar-refractivity contribution in [3.05, 3.63) is 24.3 Å². The standard InChI is InChI=1S/C17H25N3O2/c1-22-16-5-3-2-4-15(16)20-12-10-19(11-13-20)9-8-17(21)18-14-6-7-14/h2-5,14H,6-13H2,1H3,(H,18,21). The molecule has 0 atom stereocenters. The van der Waals surface area contributed by atoms with Gasteiger partial charge in [-0.2, -0.15) is 0 Å². The maximum atomic E-state index is 11.7. The molecule has 0 bridgehead atoms. The minimum absolute atomic E-state index is 0.203. The van der Waals surface area contributed by atoms with Crippen LogP contribution >= 0.6 is 0 Å². The molecule has 1 N–H and O–H groups in total. The van der Waals surface area contributed by atoms with Crippen LogP contribution in [-0.4, -0.2) is 56.7 Å². The number of benzene rings is 1. The van der Waals surface area contributed by atoms with Crippen LogP contribution in [0.5, 0.6) is 5.75 Å². The van der Waals surface area contributed by atoms with Gasteiger partial charge in [-0.15, -0.1) is 0 Å². The summed E-state index contributed by atoms with van der Waals surface area (Å²) in [6, 6.07) is 8.63. The van der Waals surface area contributed by atoms with Gasteiger partial charge in [-0.3, -0.25) is 9.69 Å². The number of carbonyl (C=O) groups is 1. The second-order valence-corrected chi connectivity index (χ2v) is 6.09. The number of nitrogens with zero attached hydrogens (tertiary/aromatic N) is 2. The van der Waals surface area contributed by atoms with E-state index in [0.29, 0.717) is 12.5 Å². The molecule has 120 valence electrons. The van der Waals surface area contributed by atoms with Crippen LogP contribution in [0.15, 0.2) is 24.3 Å². The number of methoxy groups -OCH3 is 1. The lowest BCUT2D eigenvalue weighted by Crippen LogP contribution is -2.47. The van der Waals surface area contributed by atoms with Gasteiger partial charge in [0.2, 0.25) is 5.91 Å². The molecular formula is C17H25N3O2. The van der Waals surface area contributed by atoms with Crippen molar-refractivity contribution in [1.29, 1.82) is 0 Å². The largest absolute Gasteiger partial charge is 0.495 e. The number of piperazine rings is 1. The van der Waals surface area contributed by atoms with Gasteiger partial charge in [-0.25, -0.2) is 0 Å². The summed E-state index contributed by atoms with van der Waals surface area (Å²) in [6.45, 7) is 4.80. The van der Waals surface area contributed by atoms with E-state index in [1.165, 1.54) is 0 Å². The smallest absolute Gasteiger partial charge is 0.221 e. The molecule has 1 heterocycles. The fourth-order valence-electron chi connectivity index (χ4n) is 2.89. The quantitative estimate of drug-likeness (QED) is 0.865. The molecule has 2 fully saturated rings. The zero-order chi connectivity index (χ0) is 15.4. The van der Waals surface area contributed by atoms with Crippen LogP contribution in [0.2, 0.25) is 0 Å². The van der Waals surface area contributed by atoms with Gasteiger partial charge in [-0.1, -0.05) is 12.1 Å². The van der Waals surface area contributed by atoms with Crippen molar-refractivity contribution in [2.45, 2.75) is 25.3 Å². The van der Waals surface area contributed by atoms with Gasteiger partial charge in [0.1, 0.15) is 5.75 Å². The van der Waals surface area contributed by atoms with Crippen molar-refractivity contribution in [2.24, 2.45) is 0 Å². The Bertz CT molecular complexity index is 508. The van der Waals surface area contributed by atoms with Gasteiger partial charge in [0.05, 0.1) is 12.8 Å². The second kappa shape index (κ2) is 7.01. The number of ether oxygens (including phenoxy) is 1. The lowest BCUT2D eigenvalue weighted by Gasteiger charge is -2.36. The molecule has 0 aromatic heterocycles. The highest BCUT2D eigenvalue weighted by Gasteiger charge is 2.24. The van der Waals surface area contributed by atoms with Crippen LogP contribution in [0.25, 0.3) is 0 Å². The maximum absolute atomic E-state index is 11.7. The Morgan fingerprint density at radius 3 is 2.64 bits per heavy atom. The summed E-state index contributed by atoms with van der Waals surface area (Å²) in [5.41, 5.74) is 1.16. The summed E-state index contributed by atoms with van der Waals surface area (Å²) in [5, 5.41) is 3.05. The zero-order valence-electron chi connectivity index (χ0n) is 13.3. The van der Waals surface area contributed by atoms with Crippen molar-refractivity contribution in [1.82, 2.24) is 10.2 Å². The molecule has 1 aliphatic carbocycles. The highest BCUT2D eigenvalue weighted by Crippen LogP contribution is 2.28. The highest BCUT2D eigenvalue weighted by atomic mass is 16.5. The van der Waals surface area contributed by atoms with E-state index in [-0.39, 0.29) is 5.91 Å². The molecular weight excluding hydrogens is 278 g/mol. The summed E-state index contributed by atoms with van der Waals surface area (Å²) < 4.78 is 5.44. The van der Waals surface area contributed by atoms with Crippen LogP contribution in [-0.2, 0) is 4.79 Å². The SMILES string of the molecule is COc1ccccc1N1CCN(CCC(=O)NC2CC2)CC1. The number of anilines is 1. The highest BCUT2D eigenvalue weighted by molar-refractivity contribution is 5.76. The van der Waals surface area contributed by atoms with E-state index in [9.17, 15) is 4.79 Å². The first kappa shape index (κ1) is 15.2. The number of amides is 1. The fraction of sp³-hybridized carbons (Fsp3) is 0.588. The third-order valence-corrected chi connectivity index (χ3v) is 4.40. The number of hydrogen-bond acceptors (Lipinski definition) is 4. The molecule has 5 nitrogen and oxygen atoms in total. The van der Waals surface area contributed by atoms with E-state index in [1.54, 1.807) is 7.11 Å². The van der Waals surface area contributed by atoms with Crippen molar-refractivity contribution < 1.29 is 9.53 Å². The second-order valence-electron chi connectivity index (χ2n) is 6.09. The Morgan fingerprint density at radius 1 is 1.23 bits per heavy atom. The molecule has 1 aromatic carbocycles. The van der Waals surface area contributed by atoms with Crippen LogP contribution < -0.4 is 15.0 Å². The van der Waals surface area contributed by atoms with E-state index < -0.39 is 0 Å². The van der Waals surface area contributed by atoms with Crippen LogP contribution in [0.1, 0.15) is 19.3 Å². The van der Waals surface area contributed by atoms with E-state index in [0.717, 1.165) is 57.0 Å². The average molecular weight is 303 g/mol. The minimum Gasteiger partial charge on any atom is -0.495 e. The summed E-state index contributed by atoms with van der Waals surface area (Å²) >= 11 is 0. The molecule has 1 amide bonds.